The van der Waals surface area contributed by atoms with E-state index in [2.05, 4.69) is 47.9 Å². The third-order valence-electron chi connectivity index (χ3n) is 2.45. The van der Waals surface area contributed by atoms with E-state index in [4.69, 9.17) is 11.1 Å². The van der Waals surface area contributed by atoms with Gasteiger partial charge in [-0.2, -0.15) is 37.4 Å². The molecule has 0 spiro atoms. The monoisotopic (exact) mass is 483 g/mol. The quantitative estimate of drug-likeness (QED) is 0.279. The third-order valence-corrected chi connectivity index (χ3v) is 6.67. The molecule has 0 radical (unpaired) electrons. The predicted octanol–water partition coefficient (Wildman–Crippen LogP) is 2.84. The lowest BCUT2D eigenvalue weighted by molar-refractivity contribution is -0.680. The van der Waals surface area contributed by atoms with Crippen molar-refractivity contribution in [1.82, 2.24) is 4.57 Å². The first-order valence-electron chi connectivity index (χ1n) is 6.82. The van der Waals surface area contributed by atoms with Crippen LogP contribution in [0.15, 0.2) is 18.7 Å². The first-order valence-corrected chi connectivity index (χ1v) is 13.9. The summed E-state index contributed by atoms with van der Waals surface area (Å²) in [6.07, 6.45) is 7.26. The van der Waals surface area contributed by atoms with Gasteiger partial charge in [-0.15, -0.1) is 0 Å². The van der Waals surface area contributed by atoms with Crippen molar-refractivity contribution in [2.75, 3.05) is 0 Å². The van der Waals surface area contributed by atoms with Gasteiger partial charge in [-0.25, -0.2) is 26.0 Å². The molecular weight excluding hydrogens is 468 g/mol. The molecule has 1 aromatic heterocycles. The Labute approximate surface area is 157 Å². The van der Waals surface area contributed by atoms with E-state index >= 15 is 0 Å². The van der Waals surface area contributed by atoms with E-state index in [0.717, 1.165) is 16.8 Å². The number of rotatable bonds is 5. The largest absolute Gasteiger partial charge is 0.480 e. The molecule has 17 heteroatoms. The van der Waals surface area contributed by atoms with Gasteiger partial charge in [0, 0.05) is 0 Å². The Hall–Kier alpha value is -0.843. The topological polar surface area (TPSA) is 91.2 Å². The van der Waals surface area contributed by atoms with E-state index in [-0.39, 0.29) is 0 Å². The maximum absolute atomic E-state index is 11.4. The average molecular weight is 484 g/mol. The van der Waals surface area contributed by atoms with E-state index in [9.17, 15) is 43.2 Å². The molecule has 0 bridgehead atoms. The molecule has 0 N–H and O–H groups in total. The summed E-state index contributed by atoms with van der Waals surface area (Å²) < 4.78 is 114. The molecule has 0 aromatic carbocycles. The average Bonchev–Trinajstić information content (AvgIpc) is 2.80. The van der Waals surface area contributed by atoms with Crippen LogP contribution in [0, 0.1) is 0 Å². The lowest BCUT2D eigenvalue weighted by Crippen LogP contribution is -2.43. The van der Waals surface area contributed by atoms with Crippen molar-refractivity contribution in [2.45, 2.75) is 43.7 Å². The van der Waals surface area contributed by atoms with Crippen molar-refractivity contribution in [3.05, 3.63) is 22.8 Å². The predicted molar refractivity (Wildman–Crippen MR) is 86.9 cm³/mol. The highest BCUT2D eigenvalue weighted by atomic mass is 35.6. The Kier molecular flexibility index (Phi) is 8.40. The molecule has 0 saturated heterocycles. The Morgan fingerprint density at radius 2 is 1.44 bits per heavy atom. The molecular formula is C10H16ClF6N3O4S2Si. The smallest absolute Gasteiger partial charge is 0.421 e. The van der Waals surface area contributed by atoms with Crippen molar-refractivity contribution in [1.29, 1.82) is 0 Å². The lowest BCUT2D eigenvalue weighted by Gasteiger charge is -2.22. The second kappa shape index (κ2) is 8.67. The molecule has 0 atom stereocenters. The fraction of sp³-hybridized carbons (Fsp3) is 0.700. The fourth-order valence-corrected chi connectivity index (χ4v) is 4.55. The first-order chi connectivity index (χ1) is 11.7. The molecule has 0 saturated carbocycles. The Morgan fingerprint density at radius 1 is 1.04 bits per heavy atom. The molecule has 1 heterocycles. The number of alkyl halides is 6. The number of hydrogen-bond donors (Lipinski definition) is 0. The van der Waals surface area contributed by atoms with Gasteiger partial charge in [-0.05, 0) is 6.92 Å². The summed E-state index contributed by atoms with van der Waals surface area (Å²) in [7, 11) is -14.9. The van der Waals surface area contributed by atoms with Crippen molar-refractivity contribution in [2.24, 2.45) is 0 Å². The molecule has 0 unspecified atom stereocenters. The van der Waals surface area contributed by atoms with Crippen molar-refractivity contribution >= 4 is 38.5 Å². The Bertz CT molecular complexity index is 788. The second-order valence-electron chi connectivity index (χ2n) is 5.55. The van der Waals surface area contributed by atoms with Crippen molar-refractivity contribution in [3.63, 3.8) is 0 Å². The number of nitrogens with zero attached hydrogens (tertiary/aromatic N) is 3. The van der Waals surface area contributed by atoms with Crippen LogP contribution in [-0.2, 0) is 32.8 Å². The van der Waals surface area contributed by atoms with Crippen LogP contribution in [-0.4, -0.2) is 39.8 Å². The van der Waals surface area contributed by atoms with Gasteiger partial charge in [0.1, 0.15) is 12.4 Å². The van der Waals surface area contributed by atoms with Gasteiger partial charge in [0.15, 0.2) is 27.4 Å². The van der Waals surface area contributed by atoms with Crippen LogP contribution < -0.4 is 4.57 Å². The lowest BCUT2D eigenvalue weighted by atomic mass is 10.7. The second-order valence-corrected chi connectivity index (χ2v) is 15.8. The summed E-state index contributed by atoms with van der Waals surface area (Å²) >= 11 is 6.23. The normalized spacial score (nSPS) is 13.9. The number of halogens is 7. The maximum Gasteiger partial charge on any atom is 0.480 e. The van der Waals surface area contributed by atoms with E-state index in [1.165, 1.54) is 0 Å². The highest BCUT2D eigenvalue weighted by Crippen LogP contribution is 2.36. The minimum absolute atomic E-state index is 0.778. The van der Waals surface area contributed by atoms with E-state index in [1.54, 1.807) is 0 Å². The summed E-state index contributed by atoms with van der Waals surface area (Å²) in [6.45, 7) is 7.47. The number of aryl methyl sites for hydroxylation is 1. The van der Waals surface area contributed by atoms with E-state index < -0.39 is 38.4 Å². The van der Waals surface area contributed by atoms with E-state index in [0.29, 0.717) is 0 Å². The minimum atomic E-state index is -6.72. The molecule has 0 aliphatic heterocycles. The molecule has 0 aliphatic rings. The van der Waals surface area contributed by atoms with Gasteiger partial charge in [0.25, 0.3) is 0 Å². The number of imidazole rings is 1. The Balaban J connectivity index is 0.000000511. The van der Waals surface area contributed by atoms with Crippen LogP contribution in [0.4, 0.5) is 26.3 Å². The van der Waals surface area contributed by atoms with Crippen LogP contribution in [0.2, 0.25) is 13.1 Å². The molecule has 7 nitrogen and oxygen atoms in total. The summed E-state index contributed by atoms with van der Waals surface area (Å²) in [6, 6.07) is 0. The summed E-state index contributed by atoms with van der Waals surface area (Å²) in [5.74, 6) is 0. The molecule has 160 valence electrons. The maximum atomic E-state index is 11.4. The molecule has 1 rings (SSSR count). The third kappa shape index (κ3) is 8.80. The zero-order valence-electron chi connectivity index (χ0n) is 14.1. The SMILES string of the molecule is CCn1cc[n+](C[Si](C)(C)Cl)c1.O=S(=O)([N-]S(=O)(=O)C(F)(F)F)C(F)(F)F. The number of aromatic nitrogens is 2. The van der Waals surface area contributed by atoms with Crippen molar-refractivity contribution in [3.8, 4) is 0 Å². The first kappa shape index (κ1) is 26.2. The van der Waals surface area contributed by atoms with Gasteiger partial charge in [0.2, 0.25) is 6.33 Å². The highest BCUT2D eigenvalue weighted by Gasteiger charge is 2.46. The van der Waals surface area contributed by atoms with Crippen LogP contribution >= 0.6 is 11.1 Å². The van der Waals surface area contributed by atoms with Gasteiger partial charge in [-0.3, -0.25) is 0 Å². The van der Waals surface area contributed by atoms with Crippen LogP contribution in [0.5, 0.6) is 0 Å². The zero-order chi connectivity index (χ0) is 21.9. The summed E-state index contributed by atoms with van der Waals surface area (Å²) in [5, 5.41) is 0. The Morgan fingerprint density at radius 3 is 1.70 bits per heavy atom. The standard InChI is InChI=1S/C8H16ClN2Si.C2F6NO4S2/c1-4-10-5-6-11(7-10)8-12(2,3)9;3-1(4,5)14(10,11)9-15(12,13)2(6,7)8/h5-7H,4,8H2,1-3H3;/q+1;-1. The van der Waals surface area contributed by atoms with Crippen LogP contribution in [0.3, 0.4) is 0 Å². The molecule has 0 amide bonds. The van der Waals surface area contributed by atoms with Crippen molar-refractivity contribution < 1.29 is 47.7 Å². The summed E-state index contributed by atoms with van der Waals surface area (Å²) in [4.78, 5) is 0. The van der Waals surface area contributed by atoms with Gasteiger partial charge in [0.05, 0.1) is 12.7 Å². The zero-order valence-corrected chi connectivity index (χ0v) is 17.5. The molecule has 27 heavy (non-hydrogen) atoms. The summed E-state index contributed by atoms with van der Waals surface area (Å²) in [5.41, 5.74) is -12.4. The number of sulfonamides is 2. The number of hydrogen-bond acceptors (Lipinski definition) is 4. The van der Waals surface area contributed by atoms with Crippen LogP contribution in [0.25, 0.3) is 4.13 Å². The minimum Gasteiger partial charge on any atom is -0.421 e. The van der Waals surface area contributed by atoms with E-state index in [1.807, 2.05) is 0 Å². The highest BCUT2D eigenvalue weighted by molar-refractivity contribution is 8.13. The molecule has 0 aliphatic carbocycles. The van der Waals surface area contributed by atoms with Gasteiger partial charge in [-0.1, -0.05) is 13.1 Å². The van der Waals surface area contributed by atoms with Crippen LogP contribution in [0.1, 0.15) is 6.92 Å². The molecule has 1 aromatic rings. The van der Waals surface area contributed by atoms with Gasteiger partial charge >= 0.3 is 11.0 Å². The molecule has 0 fully saturated rings. The fourth-order valence-electron chi connectivity index (χ4n) is 1.37. The van der Waals surface area contributed by atoms with Gasteiger partial charge < -0.3 is 4.13 Å².